The molecule has 0 saturated heterocycles. The number of hydrogen-bond acceptors (Lipinski definition) is 3. The van der Waals surface area contributed by atoms with Gasteiger partial charge in [0, 0.05) is 33.4 Å². The lowest BCUT2D eigenvalue weighted by molar-refractivity contribution is -0.123. The third-order valence-electron chi connectivity index (χ3n) is 5.29. The number of rotatable bonds is 4. The van der Waals surface area contributed by atoms with E-state index < -0.39 is 5.41 Å². The Hall–Kier alpha value is -3.53. The monoisotopic (exact) mass is 383 g/mol. The second kappa shape index (κ2) is 7.13. The van der Waals surface area contributed by atoms with Crippen LogP contribution in [0, 0.1) is 5.41 Å². The Labute approximate surface area is 169 Å². The summed E-state index contributed by atoms with van der Waals surface area (Å²) in [6.07, 6.45) is 0.593. The maximum atomic E-state index is 12.9. The lowest BCUT2D eigenvalue weighted by Crippen LogP contribution is -2.33. The molecule has 0 unspecified atom stereocenters. The van der Waals surface area contributed by atoms with E-state index in [2.05, 4.69) is 5.32 Å². The number of ketones is 2. The van der Waals surface area contributed by atoms with Crippen molar-refractivity contribution in [2.45, 2.75) is 20.3 Å². The zero-order chi connectivity index (χ0) is 20.6. The van der Waals surface area contributed by atoms with E-state index in [1.807, 2.05) is 44.2 Å². The summed E-state index contributed by atoms with van der Waals surface area (Å²) in [5, 5.41) is 2.91. The average molecular weight is 383 g/mol. The lowest BCUT2D eigenvalue weighted by Gasteiger charge is -2.24. The van der Waals surface area contributed by atoms with Crippen molar-refractivity contribution in [1.82, 2.24) is 0 Å². The molecule has 0 aromatic heterocycles. The van der Waals surface area contributed by atoms with E-state index >= 15 is 0 Å². The molecule has 4 rings (SSSR count). The van der Waals surface area contributed by atoms with Gasteiger partial charge in [0.25, 0.3) is 0 Å². The zero-order valence-electron chi connectivity index (χ0n) is 16.4. The molecule has 1 aliphatic rings. The maximum absolute atomic E-state index is 12.9. The van der Waals surface area contributed by atoms with E-state index in [0.29, 0.717) is 34.4 Å². The molecule has 1 aliphatic carbocycles. The van der Waals surface area contributed by atoms with Crippen LogP contribution in [0.3, 0.4) is 0 Å². The van der Waals surface area contributed by atoms with E-state index in [0.717, 1.165) is 5.56 Å². The standard InChI is InChI=1S/C25H21NO3/c1-25(2,15-16-8-4-3-5-9-16)24(29)26-17-12-13-20-21(14-17)23(28)19-11-7-6-10-18(19)22(20)27/h3-14H,15H2,1-2H3,(H,26,29). The first-order valence-corrected chi connectivity index (χ1v) is 9.55. The van der Waals surface area contributed by atoms with Crippen LogP contribution >= 0.6 is 0 Å². The smallest absolute Gasteiger partial charge is 0.230 e. The third-order valence-corrected chi connectivity index (χ3v) is 5.29. The maximum Gasteiger partial charge on any atom is 0.230 e. The number of hydrogen-bond donors (Lipinski definition) is 1. The van der Waals surface area contributed by atoms with Crippen LogP contribution < -0.4 is 5.32 Å². The van der Waals surface area contributed by atoms with E-state index in [1.165, 1.54) is 0 Å². The molecule has 0 atom stereocenters. The van der Waals surface area contributed by atoms with Gasteiger partial charge in [0.1, 0.15) is 0 Å². The Kier molecular flexibility index (Phi) is 4.63. The highest BCUT2D eigenvalue weighted by Gasteiger charge is 2.31. The van der Waals surface area contributed by atoms with Crippen molar-refractivity contribution < 1.29 is 14.4 Å². The number of carbonyl (C=O) groups is 3. The molecule has 0 radical (unpaired) electrons. The van der Waals surface area contributed by atoms with Gasteiger partial charge in [0.05, 0.1) is 0 Å². The highest BCUT2D eigenvalue weighted by Crippen LogP contribution is 2.30. The van der Waals surface area contributed by atoms with E-state index in [-0.39, 0.29) is 17.5 Å². The van der Waals surface area contributed by atoms with Crippen LogP contribution in [-0.2, 0) is 11.2 Å². The van der Waals surface area contributed by atoms with Crippen LogP contribution in [0.5, 0.6) is 0 Å². The number of nitrogens with one attached hydrogen (secondary N) is 1. The number of fused-ring (bicyclic) bond motifs is 2. The Morgan fingerprint density at radius 2 is 1.31 bits per heavy atom. The van der Waals surface area contributed by atoms with Crippen LogP contribution in [0.1, 0.15) is 51.3 Å². The first-order chi connectivity index (χ1) is 13.9. The molecular formula is C25H21NO3. The van der Waals surface area contributed by atoms with Gasteiger partial charge in [-0.05, 0) is 30.2 Å². The van der Waals surface area contributed by atoms with Crippen molar-refractivity contribution in [1.29, 1.82) is 0 Å². The molecule has 1 amide bonds. The summed E-state index contributed by atoms with van der Waals surface area (Å²) < 4.78 is 0. The molecule has 3 aromatic carbocycles. The summed E-state index contributed by atoms with van der Waals surface area (Å²) in [4.78, 5) is 38.5. The van der Waals surface area contributed by atoms with E-state index in [4.69, 9.17) is 0 Å². The van der Waals surface area contributed by atoms with Gasteiger partial charge in [-0.1, -0.05) is 68.4 Å². The van der Waals surface area contributed by atoms with E-state index in [1.54, 1.807) is 42.5 Å². The third kappa shape index (κ3) is 3.49. The summed E-state index contributed by atoms with van der Waals surface area (Å²) >= 11 is 0. The summed E-state index contributed by atoms with van der Waals surface area (Å²) in [5.41, 5.74) is 2.47. The average Bonchev–Trinajstić information content (AvgIpc) is 2.72. The number of benzene rings is 3. The van der Waals surface area contributed by atoms with Crippen molar-refractivity contribution in [3.8, 4) is 0 Å². The molecule has 0 saturated carbocycles. The number of anilines is 1. The van der Waals surface area contributed by atoms with Gasteiger partial charge < -0.3 is 5.32 Å². The second-order valence-electron chi connectivity index (χ2n) is 7.96. The van der Waals surface area contributed by atoms with Crippen LogP contribution in [-0.4, -0.2) is 17.5 Å². The van der Waals surface area contributed by atoms with Gasteiger partial charge in [-0.2, -0.15) is 0 Å². The van der Waals surface area contributed by atoms with E-state index in [9.17, 15) is 14.4 Å². The highest BCUT2D eigenvalue weighted by atomic mass is 16.2. The molecule has 144 valence electrons. The fourth-order valence-electron chi connectivity index (χ4n) is 3.66. The number of amides is 1. The highest BCUT2D eigenvalue weighted by molar-refractivity contribution is 6.28. The molecule has 0 bridgehead atoms. The minimum atomic E-state index is -0.635. The Morgan fingerprint density at radius 3 is 1.97 bits per heavy atom. The van der Waals surface area contributed by atoms with Crippen LogP contribution in [0.4, 0.5) is 5.69 Å². The SMILES string of the molecule is CC(C)(Cc1ccccc1)C(=O)Nc1ccc2c(c1)C(=O)c1ccccc1C2=O. The van der Waals surface area contributed by atoms with Crippen molar-refractivity contribution in [2.75, 3.05) is 5.32 Å². The fourth-order valence-corrected chi connectivity index (χ4v) is 3.66. The molecule has 0 heterocycles. The van der Waals surface area contributed by atoms with Gasteiger partial charge >= 0.3 is 0 Å². The van der Waals surface area contributed by atoms with Crippen molar-refractivity contribution in [2.24, 2.45) is 5.41 Å². The van der Waals surface area contributed by atoms with Crippen molar-refractivity contribution in [3.05, 3.63) is 101 Å². The quantitative estimate of drug-likeness (QED) is 0.557. The summed E-state index contributed by atoms with van der Waals surface area (Å²) in [7, 11) is 0. The van der Waals surface area contributed by atoms with Gasteiger partial charge in [-0.3, -0.25) is 14.4 Å². The Balaban J connectivity index is 1.59. The molecular weight excluding hydrogens is 362 g/mol. The second-order valence-corrected chi connectivity index (χ2v) is 7.96. The first kappa shape index (κ1) is 18.8. The number of carbonyl (C=O) groups excluding carboxylic acids is 3. The molecule has 4 nitrogen and oxygen atoms in total. The molecule has 3 aromatic rings. The minimum absolute atomic E-state index is 0.142. The normalized spacial score (nSPS) is 12.9. The molecule has 0 spiro atoms. The predicted octanol–water partition coefficient (Wildman–Crippen LogP) is 4.67. The van der Waals surface area contributed by atoms with Crippen molar-refractivity contribution >= 4 is 23.2 Å². The van der Waals surface area contributed by atoms with Crippen LogP contribution in [0.25, 0.3) is 0 Å². The molecule has 1 N–H and O–H groups in total. The summed E-state index contributed by atoms with van der Waals surface area (Å²) in [5.74, 6) is -0.511. The van der Waals surface area contributed by atoms with Crippen LogP contribution in [0.15, 0.2) is 72.8 Å². The van der Waals surface area contributed by atoms with Gasteiger partial charge in [-0.15, -0.1) is 0 Å². The fraction of sp³-hybridized carbons (Fsp3) is 0.160. The summed E-state index contributed by atoms with van der Waals surface area (Å²) in [6, 6.07) is 21.5. The zero-order valence-corrected chi connectivity index (χ0v) is 16.4. The molecule has 0 aliphatic heterocycles. The topological polar surface area (TPSA) is 63.2 Å². The lowest BCUT2D eigenvalue weighted by atomic mass is 9.83. The largest absolute Gasteiger partial charge is 0.326 e. The molecule has 29 heavy (non-hydrogen) atoms. The van der Waals surface area contributed by atoms with Crippen LogP contribution in [0.2, 0.25) is 0 Å². The van der Waals surface area contributed by atoms with Crippen molar-refractivity contribution in [3.63, 3.8) is 0 Å². The predicted molar refractivity (Wildman–Crippen MR) is 112 cm³/mol. The minimum Gasteiger partial charge on any atom is -0.326 e. The molecule has 0 fully saturated rings. The van der Waals surface area contributed by atoms with Gasteiger partial charge in [0.2, 0.25) is 5.91 Å². The van der Waals surface area contributed by atoms with Gasteiger partial charge in [0.15, 0.2) is 11.6 Å². The first-order valence-electron chi connectivity index (χ1n) is 9.55. The Morgan fingerprint density at radius 1 is 0.759 bits per heavy atom. The summed E-state index contributed by atoms with van der Waals surface area (Å²) in [6.45, 7) is 3.78. The van der Waals surface area contributed by atoms with Gasteiger partial charge in [-0.25, -0.2) is 0 Å². The Bertz CT molecular complexity index is 1130. The molecule has 4 heteroatoms.